The lowest BCUT2D eigenvalue weighted by atomic mass is 10.2. The number of esters is 1. The quantitative estimate of drug-likeness (QED) is 0.419. The van der Waals surface area contributed by atoms with Gasteiger partial charge in [0.15, 0.2) is 0 Å². The van der Waals surface area contributed by atoms with Crippen LogP contribution in [0.1, 0.15) is 20.8 Å². The third kappa shape index (κ3) is 3.70. The van der Waals surface area contributed by atoms with E-state index >= 15 is 0 Å². The van der Waals surface area contributed by atoms with Gasteiger partial charge in [-0.25, -0.2) is 4.79 Å². The summed E-state index contributed by atoms with van der Waals surface area (Å²) < 4.78 is 3.32. The van der Waals surface area contributed by atoms with E-state index in [0.717, 1.165) is 28.4 Å². The van der Waals surface area contributed by atoms with Gasteiger partial charge in [-0.3, -0.25) is 24.6 Å². The molecule has 0 aromatic heterocycles. The molecule has 1 aliphatic heterocycles. The molecule has 0 saturated carbocycles. The molecule has 0 aromatic rings. The van der Waals surface area contributed by atoms with Gasteiger partial charge in [0.05, 0.1) is 6.61 Å². The van der Waals surface area contributed by atoms with Gasteiger partial charge in [-0.05, 0) is 18.4 Å². The topological polar surface area (TPSA) is 92.8 Å². The molecule has 7 nitrogen and oxygen atoms in total. The lowest BCUT2D eigenvalue weighted by Crippen LogP contribution is -2.65. The highest BCUT2D eigenvalue weighted by Gasteiger charge is 2.54. The van der Waals surface area contributed by atoms with Crippen molar-refractivity contribution >= 4 is 47.3 Å². The van der Waals surface area contributed by atoms with Crippen molar-refractivity contribution in [3.05, 3.63) is 0 Å². The zero-order valence-electron chi connectivity index (χ0n) is 12.1. The molecule has 0 atom stereocenters. The lowest BCUT2D eigenvalue weighted by molar-refractivity contribution is -0.149. The van der Waals surface area contributed by atoms with Gasteiger partial charge < -0.3 is 4.74 Å². The number of hydrogen-bond acceptors (Lipinski definition) is 7. The van der Waals surface area contributed by atoms with Gasteiger partial charge in [0.25, 0.3) is 11.8 Å². The second-order valence-electron chi connectivity index (χ2n) is 3.94. The Morgan fingerprint density at radius 1 is 1.19 bits per heavy atom. The van der Waals surface area contributed by atoms with Gasteiger partial charge >= 0.3 is 12.0 Å². The Morgan fingerprint density at radius 3 is 2.24 bits per heavy atom. The van der Waals surface area contributed by atoms with Crippen LogP contribution in [0.2, 0.25) is 0 Å². The summed E-state index contributed by atoms with van der Waals surface area (Å²) in [4.78, 5) is 48.8. The Balaban J connectivity index is 3.05. The molecule has 1 rings (SSSR count). The van der Waals surface area contributed by atoms with Crippen molar-refractivity contribution in [2.75, 3.05) is 24.7 Å². The summed E-state index contributed by atoms with van der Waals surface area (Å²) in [6, 6.07) is -0.887. The van der Waals surface area contributed by atoms with E-state index in [-0.39, 0.29) is 6.61 Å². The molecule has 21 heavy (non-hydrogen) atoms. The minimum Gasteiger partial charge on any atom is -0.465 e. The van der Waals surface area contributed by atoms with E-state index < -0.39 is 34.4 Å². The Kier molecular flexibility index (Phi) is 6.53. The zero-order chi connectivity index (χ0) is 16.0. The molecule has 0 spiro atoms. The molecule has 0 aromatic carbocycles. The van der Waals surface area contributed by atoms with E-state index in [0.29, 0.717) is 11.5 Å². The molecule has 0 unspecified atom stereocenters. The number of carbonyl (C=O) groups is 4. The largest absolute Gasteiger partial charge is 0.465 e. The van der Waals surface area contributed by atoms with Crippen LogP contribution in [-0.2, 0) is 19.1 Å². The minimum absolute atomic E-state index is 0.153. The summed E-state index contributed by atoms with van der Waals surface area (Å²) in [5.41, 5.74) is 0. The molecule has 9 heteroatoms. The summed E-state index contributed by atoms with van der Waals surface area (Å²) in [5.74, 6) is -0.965. The van der Waals surface area contributed by atoms with Crippen LogP contribution in [0.3, 0.4) is 0 Å². The molecule has 0 aliphatic carbocycles. The van der Waals surface area contributed by atoms with Gasteiger partial charge in [0, 0.05) is 0 Å². The Hall–Kier alpha value is -1.22. The Bertz CT molecular complexity index is 449. The standard InChI is InChI=1S/C12H18N2O5S2/c1-4-19-8(15)7-14-10(17)12(20-5-2,21-6-3)9(16)13-11(14)18/h4-7H2,1-3H3,(H,13,16,18). The van der Waals surface area contributed by atoms with Gasteiger partial charge in [-0.2, -0.15) is 0 Å². The zero-order valence-corrected chi connectivity index (χ0v) is 13.8. The summed E-state index contributed by atoms with van der Waals surface area (Å²) in [6.45, 7) is 4.91. The lowest BCUT2D eigenvalue weighted by Gasteiger charge is -2.37. The smallest absolute Gasteiger partial charge is 0.331 e. The van der Waals surface area contributed by atoms with Crippen LogP contribution in [0.5, 0.6) is 0 Å². The number of rotatable bonds is 7. The number of nitrogens with zero attached hydrogens (tertiary/aromatic N) is 1. The second kappa shape index (κ2) is 7.69. The first-order valence-electron chi connectivity index (χ1n) is 6.53. The van der Waals surface area contributed by atoms with E-state index in [2.05, 4.69) is 5.32 Å². The number of imide groups is 2. The molecule has 1 heterocycles. The Labute approximate surface area is 131 Å². The van der Waals surface area contributed by atoms with Crippen molar-refractivity contribution < 1.29 is 23.9 Å². The average Bonchev–Trinajstić information content (AvgIpc) is 2.42. The SMILES string of the molecule is CCOC(=O)CN1C(=O)NC(=O)C(SCC)(SCC)C1=O. The van der Waals surface area contributed by atoms with Gasteiger partial charge in [0.2, 0.25) is 4.08 Å². The molecule has 1 fully saturated rings. The number of ether oxygens (including phenoxy) is 1. The molecule has 1 saturated heterocycles. The summed E-state index contributed by atoms with van der Waals surface area (Å²) in [7, 11) is 0. The second-order valence-corrected chi connectivity index (χ2v) is 7.15. The van der Waals surface area contributed by atoms with Crippen LogP contribution in [0.4, 0.5) is 4.79 Å². The first kappa shape index (κ1) is 17.8. The highest BCUT2D eigenvalue weighted by molar-refractivity contribution is 8.20. The molecule has 0 radical (unpaired) electrons. The third-order valence-corrected chi connectivity index (χ3v) is 5.40. The van der Waals surface area contributed by atoms with E-state index in [1.165, 1.54) is 0 Å². The summed E-state index contributed by atoms with van der Waals surface area (Å²) >= 11 is 2.28. The molecule has 118 valence electrons. The molecular weight excluding hydrogens is 316 g/mol. The number of carbonyl (C=O) groups excluding carboxylic acids is 4. The monoisotopic (exact) mass is 334 g/mol. The van der Waals surface area contributed by atoms with E-state index in [1.54, 1.807) is 6.92 Å². The van der Waals surface area contributed by atoms with Crippen molar-refractivity contribution in [2.24, 2.45) is 0 Å². The number of thioether (sulfide) groups is 2. The van der Waals surface area contributed by atoms with Crippen LogP contribution in [0, 0.1) is 0 Å². The predicted molar refractivity (Wildman–Crippen MR) is 80.9 cm³/mol. The van der Waals surface area contributed by atoms with Crippen molar-refractivity contribution in [3.8, 4) is 0 Å². The third-order valence-electron chi connectivity index (χ3n) is 2.58. The highest BCUT2D eigenvalue weighted by Crippen LogP contribution is 2.41. The van der Waals surface area contributed by atoms with Gasteiger partial charge in [0.1, 0.15) is 6.54 Å². The maximum absolute atomic E-state index is 12.6. The predicted octanol–water partition coefficient (Wildman–Crippen LogP) is 0.830. The van der Waals surface area contributed by atoms with Crippen molar-refractivity contribution in [3.63, 3.8) is 0 Å². The first-order chi connectivity index (χ1) is 9.92. The Morgan fingerprint density at radius 2 is 1.76 bits per heavy atom. The maximum atomic E-state index is 12.6. The van der Waals surface area contributed by atoms with Crippen LogP contribution >= 0.6 is 23.5 Å². The highest BCUT2D eigenvalue weighted by atomic mass is 32.2. The molecule has 1 aliphatic rings. The molecular formula is C12H18N2O5S2. The van der Waals surface area contributed by atoms with Crippen molar-refractivity contribution in [2.45, 2.75) is 24.9 Å². The van der Waals surface area contributed by atoms with Gasteiger partial charge in [-0.15, -0.1) is 23.5 Å². The van der Waals surface area contributed by atoms with Crippen LogP contribution in [0.15, 0.2) is 0 Å². The number of urea groups is 1. The van der Waals surface area contributed by atoms with Crippen LogP contribution in [-0.4, -0.2) is 57.5 Å². The van der Waals surface area contributed by atoms with Crippen LogP contribution in [0.25, 0.3) is 0 Å². The first-order valence-corrected chi connectivity index (χ1v) is 8.50. The molecule has 1 N–H and O–H groups in total. The van der Waals surface area contributed by atoms with Crippen molar-refractivity contribution in [1.82, 2.24) is 10.2 Å². The fourth-order valence-electron chi connectivity index (χ4n) is 1.80. The summed E-state index contributed by atoms with van der Waals surface area (Å²) in [6.07, 6.45) is 0. The van der Waals surface area contributed by atoms with E-state index in [1.807, 2.05) is 13.8 Å². The fraction of sp³-hybridized carbons (Fsp3) is 0.667. The fourth-order valence-corrected chi connectivity index (χ4v) is 4.48. The van der Waals surface area contributed by atoms with Crippen LogP contribution < -0.4 is 5.32 Å². The molecule has 0 bridgehead atoms. The normalized spacial score (nSPS) is 17.7. The van der Waals surface area contributed by atoms with Crippen molar-refractivity contribution in [1.29, 1.82) is 0 Å². The van der Waals surface area contributed by atoms with E-state index in [4.69, 9.17) is 4.74 Å². The number of barbiturate groups is 1. The molecule has 4 amide bonds. The maximum Gasteiger partial charge on any atom is 0.331 e. The average molecular weight is 334 g/mol. The summed E-state index contributed by atoms with van der Waals surface area (Å²) in [5, 5.41) is 2.15. The van der Waals surface area contributed by atoms with E-state index in [9.17, 15) is 19.2 Å². The minimum atomic E-state index is -1.43. The number of amides is 4. The van der Waals surface area contributed by atoms with Gasteiger partial charge in [-0.1, -0.05) is 13.8 Å². The number of nitrogens with one attached hydrogen (secondary N) is 1. The number of hydrogen-bond donors (Lipinski definition) is 1.